The lowest BCUT2D eigenvalue weighted by molar-refractivity contribution is -0.374. The summed E-state index contributed by atoms with van der Waals surface area (Å²) >= 11 is 0. The topological polar surface area (TPSA) is 46.5 Å². The maximum absolute atomic E-state index is 12.5. The molecule has 0 aliphatic carbocycles. The van der Waals surface area contributed by atoms with Gasteiger partial charge >= 0.3 is 18.3 Å². The summed E-state index contributed by atoms with van der Waals surface area (Å²) in [5.41, 5.74) is -5.08. The standard InChI is InChI=1S/C11H13F7O3/c1-5(2)7(21-8(19)6(3)12)4-9(20,10(13,14)15)11(16,17)18/h5,7,20H,3-4H2,1-2H3. The SMILES string of the molecule is C=C(F)C(=O)OC(CC(O)(C(F)(F)F)C(F)(F)F)C(C)C. The molecule has 0 aliphatic heterocycles. The summed E-state index contributed by atoms with van der Waals surface area (Å²) < 4.78 is 91.7. The van der Waals surface area contributed by atoms with E-state index < -0.39 is 48.2 Å². The Morgan fingerprint density at radius 2 is 1.52 bits per heavy atom. The lowest BCUT2D eigenvalue weighted by atomic mass is 9.89. The Bertz CT molecular complexity index is 384. The molecule has 0 spiro atoms. The molecule has 0 aromatic heterocycles. The van der Waals surface area contributed by atoms with Crippen LogP contribution in [0.25, 0.3) is 0 Å². The first-order valence-corrected chi connectivity index (χ1v) is 5.54. The van der Waals surface area contributed by atoms with Gasteiger partial charge in [0, 0.05) is 6.42 Å². The maximum Gasteiger partial charge on any atom is 0.426 e. The second-order valence-corrected chi connectivity index (χ2v) is 4.65. The van der Waals surface area contributed by atoms with E-state index in [1.54, 1.807) is 0 Å². The molecule has 1 atom stereocenters. The molecule has 0 aromatic rings. The molecule has 10 heteroatoms. The Hall–Kier alpha value is -1.32. The number of hydrogen-bond acceptors (Lipinski definition) is 3. The molecule has 0 saturated carbocycles. The van der Waals surface area contributed by atoms with Crippen molar-refractivity contribution in [3.8, 4) is 0 Å². The minimum Gasteiger partial charge on any atom is -0.457 e. The van der Waals surface area contributed by atoms with Crippen LogP contribution < -0.4 is 0 Å². The molecule has 0 rings (SSSR count). The van der Waals surface area contributed by atoms with Gasteiger partial charge in [-0.1, -0.05) is 20.4 Å². The van der Waals surface area contributed by atoms with Crippen LogP contribution in [0.3, 0.4) is 0 Å². The summed E-state index contributed by atoms with van der Waals surface area (Å²) in [5.74, 6) is -4.51. The Balaban J connectivity index is 5.47. The van der Waals surface area contributed by atoms with Gasteiger partial charge in [-0.2, -0.15) is 30.7 Å². The summed E-state index contributed by atoms with van der Waals surface area (Å²) in [7, 11) is 0. The van der Waals surface area contributed by atoms with Crippen LogP contribution in [0.2, 0.25) is 0 Å². The van der Waals surface area contributed by atoms with E-state index in [1.807, 2.05) is 0 Å². The van der Waals surface area contributed by atoms with E-state index in [1.165, 1.54) is 0 Å². The fourth-order valence-electron chi connectivity index (χ4n) is 1.30. The third-order valence-electron chi connectivity index (χ3n) is 2.66. The van der Waals surface area contributed by atoms with Gasteiger partial charge in [0.15, 0.2) is 0 Å². The molecule has 0 aromatic carbocycles. The first kappa shape index (κ1) is 19.7. The van der Waals surface area contributed by atoms with Crippen LogP contribution in [-0.2, 0) is 9.53 Å². The van der Waals surface area contributed by atoms with Gasteiger partial charge in [-0.3, -0.25) is 0 Å². The number of ether oxygens (including phenoxy) is 1. The van der Waals surface area contributed by atoms with Crippen molar-refractivity contribution in [2.75, 3.05) is 0 Å². The molecule has 0 aliphatic rings. The largest absolute Gasteiger partial charge is 0.457 e. The van der Waals surface area contributed by atoms with E-state index >= 15 is 0 Å². The number of rotatable bonds is 5. The Kier molecular flexibility index (Phi) is 5.81. The number of carbonyl (C=O) groups is 1. The van der Waals surface area contributed by atoms with Gasteiger partial charge in [0.05, 0.1) is 0 Å². The predicted octanol–water partition coefficient (Wildman–Crippen LogP) is 3.28. The fourth-order valence-corrected chi connectivity index (χ4v) is 1.30. The lowest BCUT2D eigenvalue weighted by Gasteiger charge is -2.35. The first-order chi connectivity index (χ1) is 9.13. The summed E-state index contributed by atoms with van der Waals surface area (Å²) in [4.78, 5) is 10.9. The predicted molar refractivity (Wildman–Crippen MR) is 56.6 cm³/mol. The normalized spacial score (nSPS) is 15.0. The molecule has 0 heterocycles. The Labute approximate surface area is 115 Å². The van der Waals surface area contributed by atoms with Gasteiger partial charge < -0.3 is 9.84 Å². The van der Waals surface area contributed by atoms with E-state index in [0.717, 1.165) is 13.8 Å². The highest BCUT2D eigenvalue weighted by molar-refractivity contribution is 5.85. The summed E-state index contributed by atoms with van der Waals surface area (Å²) in [5, 5.41) is 9.00. The molecule has 0 amide bonds. The summed E-state index contributed by atoms with van der Waals surface area (Å²) in [6.45, 7) is 4.80. The molecule has 0 bridgehead atoms. The number of alkyl halides is 6. The summed E-state index contributed by atoms with van der Waals surface area (Å²) in [6, 6.07) is 0. The van der Waals surface area contributed by atoms with Crippen LogP contribution in [-0.4, -0.2) is 35.1 Å². The van der Waals surface area contributed by atoms with Crippen LogP contribution in [0.15, 0.2) is 12.4 Å². The van der Waals surface area contributed by atoms with Gasteiger partial charge in [0.1, 0.15) is 6.10 Å². The van der Waals surface area contributed by atoms with E-state index in [4.69, 9.17) is 5.11 Å². The third-order valence-corrected chi connectivity index (χ3v) is 2.66. The Morgan fingerprint density at radius 3 is 1.76 bits per heavy atom. The molecule has 21 heavy (non-hydrogen) atoms. The van der Waals surface area contributed by atoms with Crippen LogP contribution in [0.4, 0.5) is 30.7 Å². The van der Waals surface area contributed by atoms with Crippen LogP contribution in [0, 0.1) is 5.92 Å². The van der Waals surface area contributed by atoms with Gasteiger partial charge in [-0.05, 0) is 5.92 Å². The van der Waals surface area contributed by atoms with Crippen molar-refractivity contribution in [2.45, 2.75) is 44.3 Å². The molecule has 1 N–H and O–H groups in total. The van der Waals surface area contributed by atoms with Crippen molar-refractivity contribution in [1.29, 1.82) is 0 Å². The highest BCUT2D eigenvalue weighted by Crippen LogP contribution is 2.46. The van der Waals surface area contributed by atoms with E-state index in [2.05, 4.69) is 11.3 Å². The number of hydrogen-bond donors (Lipinski definition) is 1. The quantitative estimate of drug-likeness (QED) is 0.479. The van der Waals surface area contributed by atoms with E-state index in [0.29, 0.717) is 0 Å². The van der Waals surface area contributed by atoms with Gasteiger partial charge in [0.25, 0.3) is 5.60 Å². The smallest absolute Gasteiger partial charge is 0.426 e. The average molecular weight is 326 g/mol. The zero-order valence-electron chi connectivity index (χ0n) is 11.0. The number of esters is 1. The molecular formula is C11H13F7O3. The van der Waals surface area contributed by atoms with Gasteiger partial charge in [-0.15, -0.1) is 0 Å². The molecule has 1 unspecified atom stereocenters. The molecule has 0 fully saturated rings. The van der Waals surface area contributed by atoms with E-state index in [-0.39, 0.29) is 0 Å². The summed E-state index contributed by atoms with van der Waals surface area (Å²) in [6.07, 6.45) is -16.1. The monoisotopic (exact) mass is 326 g/mol. The van der Waals surface area contributed by atoms with Crippen LogP contribution >= 0.6 is 0 Å². The zero-order chi connectivity index (χ0) is 17.2. The van der Waals surface area contributed by atoms with Crippen molar-refractivity contribution in [3.05, 3.63) is 12.4 Å². The van der Waals surface area contributed by atoms with Crippen molar-refractivity contribution in [1.82, 2.24) is 0 Å². The first-order valence-electron chi connectivity index (χ1n) is 5.54. The third kappa shape index (κ3) is 4.58. The highest BCUT2D eigenvalue weighted by atomic mass is 19.4. The van der Waals surface area contributed by atoms with Crippen molar-refractivity contribution >= 4 is 5.97 Å². The van der Waals surface area contributed by atoms with Crippen molar-refractivity contribution in [2.24, 2.45) is 5.92 Å². The van der Waals surface area contributed by atoms with Crippen LogP contribution in [0.5, 0.6) is 0 Å². The molecule has 0 saturated heterocycles. The Morgan fingerprint density at radius 1 is 1.14 bits per heavy atom. The van der Waals surface area contributed by atoms with Gasteiger partial charge in [-0.25, -0.2) is 4.79 Å². The maximum atomic E-state index is 12.5. The number of aliphatic hydroxyl groups is 1. The zero-order valence-corrected chi connectivity index (χ0v) is 11.0. The van der Waals surface area contributed by atoms with Crippen LogP contribution in [0.1, 0.15) is 20.3 Å². The molecule has 3 nitrogen and oxygen atoms in total. The average Bonchev–Trinajstić information content (AvgIpc) is 2.24. The number of carbonyl (C=O) groups excluding carboxylic acids is 1. The van der Waals surface area contributed by atoms with Gasteiger partial charge in [0.2, 0.25) is 5.83 Å². The lowest BCUT2D eigenvalue weighted by Crippen LogP contribution is -2.59. The minimum atomic E-state index is -6.04. The molecular weight excluding hydrogens is 313 g/mol. The molecule has 124 valence electrons. The fraction of sp³-hybridized carbons (Fsp3) is 0.727. The molecule has 0 radical (unpaired) electrons. The van der Waals surface area contributed by atoms with E-state index in [9.17, 15) is 35.5 Å². The number of halogens is 7. The second kappa shape index (κ2) is 6.20. The second-order valence-electron chi connectivity index (χ2n) is 4.65. The highest BCUT2D eigenvalue weighted by Gasteiger charge is 2.71. The van der Waals surface area contributed by atoms with Crippen molar-refractivity contribution < 1.29 is 45.4 Å². The minimum absolute atomic E-state index is 1.04. The van der Waals surface area contributed by atoms with Crippen molar-refractivity contribution in [3.63, 3.8) is 0 Å².